The van der Waals surface area contributed by atoms with Crippen LogP contribution in [0.1, 0.15) is 6.42 Å². The molecule has 0 spiro atoms. The highest BCUT2D eigenvalue weighted by Crippen LogP contribution is 2.24. The first kappa shape index (κ1) is 11.4. The molecule has 1 aromatic rings. The summed E-state index contributed by atoms with van der Waals surface area (Å²) in [6.07, 6.45) is 0.135. The molecule has 3 N–H and O–H groups in total. The van der Waals surface area contributed by atoms with Gasteiger partial charge in [0.15, 0.2) is 0 Å². The van der Waals surface area contributed by atoms with Crippen LogP contribution in [0.3, 0.4) is 0 Å². The van der Waals surface area contributed by atoms with Gasteiger partial charge < -0.3 is 15.7 Å². The summed E-state index contributed by atoms with van der Waals surface area (Å²) in [6.45, 7) is 1.38. The molecule has 0 aliphatic carbocycles. The topological polar surface area (TPSA) is 61.4 Å². The Balaban J connectivity index is 2.06. The van der Waals surface area contributed by atoms with Crippen molar-refractivity contribution in [3.63, 3.8) is 0 Å². The van der Waals surface area contributed by atoms with Crippen molar-refractivity contribution < 1.29 is 9.90 Å². The van der Waals surface area contributed by atoms with Crippen LogP contribution in [-0.4, -0.2) is 29.7 Å². The zero-order chi connectivity index (χ0) is 11.6. The largest absolute Gasteiger partial charge is 0.481 e. The van der Waals surface area contributed by atoms with Crippen molar-refractivity contribution in [3.8, 4) is 0 Å². The molecule has 0 radical (unpaired) electrons. The number of rotatable bonds is 4. The number of benzene rings is 1. The fourth-order valence-electron chi connectivity index (χ4n) is 1.81. The molecule has 0 aromatic heterocycles. The van der Waals surface area contributed by atoms with Crippen LogP contribution < -0.4 is 10.6 Å². The van der Waals surface area contributed by atoms with Gasteiger partial charge in [0.05, 0.1) is 12.0 Å². The summed E-state index contributed by atoms with van der Waals surface area (Å²) in [6, 6.07) is 7.74. The summed E-state index contributed by atoms with van der Waals surface area (Å²) < 4.78 is 1.01. The fourth-order valence-corrected chi connectivity index (χ4v) is 2.08. The standard InChI is InChI=1S/C11H13BrN2O2/c12-8-1-3-9(4-2-8)14-11(5-10(15)16)6-13-7-11/h1-4,13-14H,5-7H2,(H,15,16). The summed E-state index contributed by atoms with van der Waals surface area (Å²) in [4.78, 5) is 10.8. The molecule has 0 atom stereocenters. The van der Waals surface area contributed by atoms with Crippen LogP contribution in [-0.2, 0) is 4.79 Å². The van der Waals surface area contributed by atoms with Gasteiger partial charge in [-0.2, -0.15) is 0 Å². The quantitative estimate of drug-likeness (QED) is 0.787. The van der Waals surface area contributed by atoms with Crippen molar-refractivity contribution in [3.05, 3.63) is 28.7 Å². The van der Waals surface area contributed by atoms with Crippen LogP contribution in [0.15, 0.2) is 28.7 Å². The predicted molar refractivity (Wildman–Crippen MR) is 65.6 cm³/mol. The van der Waals surface area contributed by atoms with Crippen LogP contribution in [0.5, 0.6) is 0 Å². The molecule has 1 saturated heterocycles. The van der Waals surface area contributed by atoms with E-state index in [1.165, 1.54) is 0 Å². The molecule has 0 saturated carbocycles. The van der Waals surface area contributed by atoms with E-state index >= 15 is 0 Å². The Morgan fingerprint density at radius 3 is 2.50 bits per heavy atom. The number of aliphatic carboxylic acids is 1. The lowest BCUT2D eigenvalue weighted by Crippen LogP contribution is -2.65. The lowest BCUT2D eigenvalue weighted by molar-refractivity contribution is -0.138. The van der Waals surface area contributed by atoms with Gasteiger partial charge in [0, 0.05) is 23.2 Å². The van der Waals surface area contributed by atoms with E-state index in [2.05, 4.69) is 26.6 Å². The van der Waals surface area contributed by atoms with Gasteiger partial charge in [0.1, 0.15) is 0 Å². The Hall–Kier alpha value is -1.07. The Labute approximate surface area is 102 Å². The molecule has 16 heavy (non-hydrogen) atoms. The van der Waals surface area contributed by atoms with Gasteiger partial charge in [-0.1, -0.05) is 15.9 Å². The predicted octanol–water partition coefficient (Wildman–Crippen LogP) is 1.68. The highest BCUT2D eigenvalue weighted by Gasteiger charge is 2.38. The van der Waals surface area contributed by atoms with E-state index in [1.54, 1.807) is 0 Å². The number of carboxylic acids is 1. The van der Waals surface area contributed by atoms with Crippen LogP contribution in [0.2, 0.25) is 0 Å². The molecule has 5 heteroatoms. The van der Waals surface area contributed by atoms with E-state index in [0.29, 0.717) is 13.1 Å². The van der Waals surface area contributed by atoms with E-state index in [-0.39, 0.29) is 12.0 Å². The molecule has 0 amide bonds. The summed E-state index contributed by atoms with van der Waals surface area (Å²) in [7, 11) is 0. The average molecular weight is 285 g/mol. The molecular formula is C11H13BrN2O2. The average Bonchev–Trinajstić information content (AvgIpc) is 2.17. The molecule has 0 unspecified atom stereocenters. The van der Waals surface area contributed by atoms with Crippen LogP contribution in [0.25, 0.3) is 0 Å². The lowest BCUT2D eigenvalue weighted by atomic mass is 9.88. The highest BCUT2D eigenvalue weighted by molar-refractivity contribution is 9.10. The molecule has 1 fully saturated rings. The van der Waals surface area contributed by atoms with E-state index in [1.807, 2.05) is 24.3 Å². The first-order valence-corrected chi connectivity index (χ1v) is 5.85. The Morgan fingerprint density at radius 2 is 2.06 bits per heavy atom. The van der Waals surface area contributed by atoms with Crippen molar-refractivity contribution in [1.29, 1.82) is 0 Å². The third-order valence-electron chi connectivity index (χ3n) is 2.67. The molecule has 1 aromatic carbocycles. The number of nitrogens with one attached hydrogen (secondary N) is 2. The number of carboxylic acid groups (broad SMARTS) is 1. The number of hydrogen-bond donors (Lipinski definition) is 3. The minimum absolute atomic E-state index is 0.135. The van der Waals surface area contributed by atoms with Crippen LogP contribution in [0, 0.1) is 0 Å². The maximum Gasteiger partial charge on any atom is 0.305 e. The van der Waals surface area contributed by atoms with Crippen molar-refractivity contribution >= 4 is 27.6 Å². The van der Waals surface area contributed by atoms with Crippen LogP contribution in [0.4, 0.5) is 5.69 Å². The van der Waals surface area contributed by atoms with Crippen molar-refractivity contribution in [2.75, 3.05) is 18.4 Å². The number of anilines is 1. The molecular weight excluding hydrogens is 272 g/mol. The van der Waals surface area contributed by atoms with Gasteiger partial charge in [0.25, 0.3) is 0 Å². The first-order valence-electron chi connectivity index (χ1n) is 5.06. The number of carbonyl (C=O) groups is 1. The maximum absolute atomic E-state index is 10.8. The second kappa shape index (κ2) is 4.43. The molecule has 4 nitrogen and oxygen atoms in total. The summed E-state index contributed by atoms with van der Waals surface area (Å²) >= 11 is 3.36. The molecule has 2 rings (SSSR count). The molecule has 1 aliphatic heterocycles. The second-order valence-corrected chi connectivity index (χ2v) is 5.00. The van der Waals surface area contributed by atoms with E-state index in [0.717, 1.165) is 10.2 Å². The van der Waals surface area contributed by atoms with Gasteiger partial charge in [-0.15, -0.1) is 0 Å². The normalized spacial score (nSPS) is 17.6. The monoisotopic (exact) mass is 284 g/mol. The Morgan fingerprint density at radius 1 is 1.44 bits per heavy atom. The van der Waals surface area contributed by atoms with Gasteiger partial charge in [-0.05, 0) is 24.3 Å². The molecule has 1 aliphatic rings. The van der Waals surface area contributed by atoms with E-state index < -0.39 is 5.97 Å². The van der Waals surface area contributed by atoms with Gasteiger partial charge >= 0.3 is 5.97 Å². The first-order chi connectivity index (χ1) is 7.60. The third kappa shape index (κ3) is 2.54. The highest BCUT2D eigenvalue weighted by atomic mass is 79.9. The minimum Gasteiger partial charge on any atom is -0.481 e. The van der Waals surface area contributed by atoms with Gasteiger partial charge in [-0.3, -0.25) is 4.79 Å². The van der Waals surface area contributed by atoms with E-state index in [9.17, 15) is 4.79 Å². The molecule has 86 valence electrons. The number of hydrogen-bond acceptors (Lipinski definition) is 3. The lowest BCUT2D eigenvalue weighted by Gasteiger charge is -2.43. The maximum atomic E-state index is 10.8. The van der Waals surface area contributed by atoms with Gasteiger partial charge in [0.2, 0.25) is 0 Å². The van der Waals surface area contributed by atoms with Crippen molar-refractivity contribution in [1.82, 2.24) is 5.32 Å². The zero-order valence-electron chi connectivity index (χ0n) is 8.66. The third-order valence-corrected chi connectivity index (χ3v) is 3.20. The Kier molecular flexibility index (Phi) is 3.16. The second-order valence-electron chi connectivity index (χ2n) is 4.09. The zero-order valence-corrected chi connectivity index (χ0v) is 10.3. The van der Waals surface area contributed by atoms with Gasteiger partial charge in [-0.25, -0.2) is 0 Å². The Bertz CT molecular complexity index is 387. The molecule has 0 bridgehead atoms. The fraction of sp³-hybridized carbons (Fsp3) is 0.364. The summed E-state index contributed by atoms with van der Waals surface area (Å²) in [5, 5.41) is 15.3. The summed E-state index contributed by atoms with van der Waals surface area (Å²) in [5.74, 6) is -0.772. The van der Waals surface area contributed by atoms with Crippen molar-refractivity contribution in [2.24, 2.45) is 0 Å². The van der Waals surface area contributed by atoms with E-state index in [4.69, 9.17) is 5.11 Å². The SMILES string of the molecule is O=C(O)CC1(Nc2ccc(Br)cc2)CNC1. The smallest absolute Gasteiger partial charge is 0.305 e. The molecule has 1 heterocycles. The van der Waals surface area contributed by atoms with Crippen molar-refractivity contribution in [2.45, 2.75) is 12.0 Å². The minimum atomic E-state index is -0.772. The summed E-state index contributed by atoms with van der Waals surface area (Å²) in [5.41, 5.74) is 0.616. The van der Waals surface area contributed by atoms with Crippen LogP contribution >= 0.6 is 15.9 Å². The number of halogens is 1.